The van der Waals surface area contributed by atoms with Crippen molar-refractivity contribution in [2.75, 3.05) is 7.11 Å². The highest BCUT2D eigenvalue weighted by Gasteiger charge is 2.27. The quantitative estimate of drug-likeness (QED) is 0.473. The van der Waals surface area contributed by atoms with Gasteiger partial charge in [0, 0.05) is 16.2 Å². The number of benzene rings is 1. The molecule has 6 nitrogen and oxygen atoms in total. The van der Waals surface area contributed by atoms with E-state index in [4.69, 9.17) is 15.4 Å². The molecule has 0 aliphatic carbocycles. The molecule has 0 bridgehead atoms. The van der Waals surface area contributed by atoms with Gasteiger partial charge in [0.1, 0.15) is 4.90 Å². The Kier molecular flexibility index (Phi) is 3.39. The fraction of sp³-hybridized carbons (Fsp3) is 0.250. The minimum Gasteiger partial charge on any atom is -0.489 e. The van der Waals surface area contributed by atoms with Crippen molar-refractivity contribution in [2.45, 2.75) is 11.8 Å². The first-order valence-corrected chi connectivity index (χ1v) is 6.36. The Morgan fingerprint density at radius 1 is 1.44 bits per heavy atom. The van der Waals surface area contributed by atoms with Gasteiger partial charge in [0.05, 0.1) is 12.0 Å². The Hall–Kier alpha value is -1.34. The summed E-state index contributed by atoms with van der Waals surface area (Å²) in [7, 11) is 2.21. The monoisotopic (exact) mass is 265 g/mol. The maximum absolute atomic E-state index is 11.2. The van der Waals surface area contributed by atoms with E-state index in [-0.39, 0.29) is 5.75 Å². The van der Waals surface area contributed by atoms with E-state index in [0.717, 1.165) is 7.11 Å². The van der Waals surface area contributed by atoms with Gasteiger partial charge >= 0.3 is 5.69 Å². The standard InChI is InChI=1S/C8H8ClNO5S/c1-5-3-4-6(16(9,13)14)8(15-2)7(5)10(11)12/h3-4H,1-2H3. The average molecular weight is 266 g/mol. The van der Waals surface area contributed by atoms with Gasteiger partial charge in [-0.1, -0.05) is 6.07 Å². The molecule has 0 amide bonds. The van der Waals surface area contributed by atoms with E-state index < -0.39 is 24.6 Å². The van der Waals surface area contributed by atoms with Crippen molar-refractivity contribution in [2.24, 2.45) is 0 Å². The van der Waals surface area contributed by atoms with Crippen LogP contribution in [-0.4, -0.2) is 20.5 Å². The molecule has 88 valence electrons. The topological polar surface area (TPSA) is 86.5 Å². The van der Waals surface area contributed by atoms with Gasteiger partial charge in [0.15, 0.2) is 0 Å². The first-order chi connectivity index (χ1) is 7.29. The van der Waals surface area contributed by atoms with Gasteiger partial charge in [-0.25, -0.2) is 8.42 Å². The summed E-state index contributed by atoms with van der Waals surface area (Å²) in [6, 6.07) is 2.47. The van der Waals surface area contributed by atoms with Crippen molar-refractivity contribution in [1.29, 1.82) is 0 Å². The van der Waals surface area contributed by atoms with E-state index >= 15 is 0 Å². The van der Waals surface area contributed by atoms with Crippen molar-refractivity contribution in [1.82, 2.24) is 0 Å². The van der Waals surface area contributed by atoms with Crippen LogP contribution in [0, 0.1) is 17.0 Å². The van der Waals surface area contributed by atoms with Gasteiger partial charge in [-0.15, -0.1) is 0 Å². The molecule has 0 atom stereocenters. The number of hydrogen-bond acceptors (Lipinski definition) is 5. The lowest BCUT2D eigenvalue weighted by Gasteiger charge is -2.07. The Bertz CT molecular complexity index is 540. The Balaban J connectivity index is 3.69. The SMILES string of the molecule is COc1c(S(=O)(=O)Cl)ccc(C)c1[N+](=O)[O-]. The lowest BCUT2D eigenvalue weighted by atomic mass is 10.2. The Morgan fingerprint density at radius 3 is 2.38 bits per heavy atom. The molecule has 1 rings (SSSR count). The zero-order chi connectivity index (χ0) is 12.5. The van der Waals surface area contributed by atoms with Crippen molar-refractivity contribution in [3.63, 3.8) is 0 Å². The summed E-state index contributed by atoms with van der Waals surface area (Å²) in [6.07, 6.45) is 0. The predicted molar refractivity (Wildman–Crippen MR) is 57.4 cm³/mol. The molecule has 0 heterocycles. The number of aryl methyl sites for hydroxylation is 1. The van der Waals surface area contributed by atoms with Crippen LogP contribution in [0.2, 0.25) is 0 Å². The first kappa shape index (κ1) is 12.7. The van der Waals surface area contributed by atoms with E-state index in [1.807, 2.05) is 0 Å². The van der Waals surface area contributed by atoms with Gasteiger partial charge in [-0.05, 0) is 13.0 Å². The molecule has 1 aromatic rings. The summed E-state index contributed by atoms with van der Waals surface area (Å²) in [5, 5.41) is 10.8. The smallest absolute Gasteiger partial charge is 0.315 e. The first-order valence-electron chi connectivity index (χ1n) is 4.05. The summed E-state index contributed by atoms with van der Waals surface area (Å²) in [6.45, 7) is 1.48. The third-order valence-electron chi connectivity index (χ3n) is 1.95. The number of hydrogen-bond donors (Lipinski definition) is 0. The molecule has 0 unspecified atom stereocenters. The molecule has 1 aromatic carbocycles. The second kappa shape index (κ2) is 4.26. The van der Waals surface area contributed by atoms with Crippen LogP contribution in [0.1, 0.15) is 5.56 Å². The maximum atomic E-state index is 11.2. The molecule has 0 saturated heterocycles. The van der Waals surface area contributed by atoms with E-state index in [9.17, 15) is 18.5 Å². The van der Waals surface area contributed by atoms with Crippen LogP contribution in [0.15, 0.2) is 17.0 Å². The third-order valence-corrected chi connectivity index (χ3v) is 3.29. The fourth-order valence-electron chi connectivity index (χ4n) is 1.27. The number of nitro groups is 1. The highest BCUT2D eigenvalue weighted by Crippen LogP contribution is 2.37. The molecule has 0 aliphatic heterocycles. The van der Waals surface area contributed by atoms with E-state index in [0.29, 0.717) is 5.56 Å². The molecular formula is C8H8ClNO5S. The second-order valence-corrected chi connectivity index (χ2v) is 5.49. The third kappa shape index (κ3) is 2.25. The fourth-order valence-corrected chi connectivity index (χ4v) is 2.26. The number of ether oxygens (including phenoxy) is 1. The van der Waals surface area contributed by atoms with Gasteiger partial charge in [0.25, 0.3) is 9.05 Å². The number of methoxy groups -OCH3 is 1. The number of rotatable bonds is 3. The Morgan fingerprint density at radius 2 is 2.00 bits per heavy atom. The highest BCUT2D eigenvalue weighted by atomic mass is 35.7. The molecule has 0 fully saturated rings. The van der Waals surface area contributed by atoms with Crippen LogP contribution < -0.4 is 4.74 Å². The highest BCUT2D eigenvalue weighted by molar-refractivity contribution is 8.13. The Labute approximate surface area is 96.4 Å². The van der Waals surface area contributed by atoms with Crippen LogP contribution in [0.5, 0.6) is 5.75 Å². The summed E-state index contributed by atoms with van der Waals surface area (Å²) in [5.74, 6) is -0.347. The normalized spacial score (nSPS) is 11.2. The summed E-state index contributed by atoms with van der Waals surface area (Å²) in [5.41, 5.74) is -0.102. The largest absolute Gasteiger partial charge is 0.489 e. The molecule has 0 radical (unpaired) electrons. The summed E-state index contributed by atoms with van der Waals surface area (Å²) < 4.78 is 27.1. The molecule has 8 heteroatoms. The van der Waals surface area contributed by atoms with Crippen molar-refractivity contribution < 1.29 is 18.1 Å². The molecule has 0 spiro atoms. The van der Waals surface area contributed by atoms with Crippen LogP contribution >= 0.6 is 10.7 Å². The molecule has 0 N–H and O–H groups in total. The van der Waals surface area contributed by atoms with E-state index in [1.165, 1.54) is 19.1 Å². The summed E-state index contributed by atoms with van der Waals surface area (Å²) >= 11 is 0. The zero-order valence-corrected chi connectivity index (χ0v) is 10.0. The second-order valence-electron chi connectivity index (χ2n) is 2.96. The number of nitrogens with zero attached hydrogens (tertiary/aromatic N) is 1. The lowest BCUT2D eigenvalue weighted by Crippen LogP contribution is -2.02. The number of nitro benzene ring substituents is 1. The molecule has 0 aromatic heterocycles. The van der Waals surface area contributed by atoms with Crippen LogP contribution in [-0.2, 0) is 9.05 Å². The lowest BCUT2D eigenvalue weighted by molar-refractivity contribution is -0.386. The minimum absolute atomic E-state index is 0.297. The van der Waals surface area contributed by atoms with E-state index in [2.05, 4.69) is 0 Å². The zero-order valence-electron chi connectivity index (χ0n) is 8.43. The average Bonchev–Trinajstić information content (AvgIpc) is 2.14. The molecular weight excluding hydrogens is 258 g/mol. The van der Waals surface area contributed by atoms with Crippen LogP contribution in [0.4, 0.5) is 5.69 Å². The van der Waals surface area contributed by atoms with Crippen molar-refractivity contribution in [3.8, 4) is 5.75 Å². The summed E-state index contributed by atoms with van der Waals surface area (Å²) in [4.78, 5) is 9.65. The van der Waals surface area contributed by atoms with Crippen molar-refractivity contribution >= 4 is 25.4 Å². The maximum Gasteiger partial charge on any atom is 0.315 e. The van der Waals surface area contributed by atoms with Crippen molar-refractivity contribution in [3.05, 3.63) is 27.8 Å². The molecule has 0 saturated carbocycles. The number of halogens is 1. The van der Waals surface area contributed by atoms with Gasteiger partial charge < -0.3 is 4.74 Å². The minimum atomic E-state index is -4.08. The van der Waals surface area contributed by atoms with Gasteiger partial charge in [-0.3, -0.25) is 10.1 Å². The molecule has 16 heavy (non-hydrogen) atoms. The van der Waals surface area contributed by atoms with E-state index in [1.54, 1.807) is 0 Å². The van der Waals surface area contributed by atoms with Crippen LogP contribution in [0.3, 0.4) is 0 Å². The van der Waals surface area contributed by atoms with Gasteiger partial charge in [0.2, 0.25) is 5.75 Å². The predicted octanol–water partition coefficient (Wildman–Crippen LogP) is 1.84. The van der Waals surface area contributed by atoms with Gasteiger partial charge in [-0.2, -0.15) is 0 Å². The van der Waals surface area contributed by atoms with Crippen LogP contribution in [0.25, 0.3) is 0 Å². The molecule has 0 aliphatic rings.